The van der Waals surface area contributed by atoms with E-state index in [4.69, 9.17) is 0 Å². The summed E-state index contributed by atoms with van der Waals surface area (Å²) in [4.78, 5) is 8.93. The van der Waals surface area contributed by atoms with E-state index in [1.807, 2.05) is 36.7 Å². The lowest BCUT2D eigenvalue weighted by Crippen LogP contribution is -1.90. The Morgan fingerprint density at radius 3 is 1.34 bits per heavy atom. The van der Waals surface area contributed by atoms with Crippen LogP contribution in [0.25, 0.3) is 22.5 Å². The van der Waals surface area contributed by atoms with Crippen molar-refractivity contribution in [1.82, 2.24) is 9.97 Å². The maximum absolute atomic E-state index is 4.47. The molecule has 0 radical (unpaired) electrons. The maximum Gasteiger partial charge on any atom is 0.0702 e. The highest BCUT2D eigenvalue weighted by atomic mass is 14.7. The summed E-state index contributed by atoms with van der Waals surface area (Å²) in [5, 5.41) is 0. The molecule has 0 saturated carbocycles. The summed E-state index contributed by atoms with van der Waals surface area (Å²) in [5.74, 6) is 0. The highest BCUT2D eigenvalue weighted by molar-refractivity contribution is 5.60. The highest BCUT2D eigenvalue weighted by Crippen LogP contribution is 2.21. The first-order valence-corrected chi connectivity index (χ1v) is 11.9. The first kappa shape index (κ1) is 22.0. The molecule has 2 heterocycles. The van der Waals surface area contributed by atoms with Gasteiger partial charge in [0.15, 0.2) is 0 Å². The van der Waals surface area contributed by atoms with Crippen molar-refractivity contribution >= 4 is 0 Å². The fourth-order valence-electron chi connectivity index (χ4n) is 4.20. The summed E-state index contributed by atoms with van der Waals surface area (Å²) >= 11 is 0. The van der Waals surface area contributed by atoms with Crippen LogP contribution < -0.4 is 0 Å². The molecule has 0 atom stereocenters. The second kappa shape index (κ2) is 12.0. The number of rotatable bonds is 11. The molecule has 0 aliphatic carbocycles. The molecule has 4 aromatic rings. The fraction of sp³-hybridized carbons (Fsp3) is 0.267. The van der Waals surface area contributed by atoms with Gasteiger partial charge in [-0.1, -0.05) is 74.2 Å². The van der Waals surface area contributed by atoms with Crippen molar-refractivity contribution in [1.29, 1.82) is 0 Å². The van der Waals surface area contributed by atoms with E-state index in [0.717, 1.165) is 24.2 Å². The molecule has 0 bridgehead atoms. The quantitative estimate of drug-likeness (QED) is 0.230. The molecular weight excluding hydrogens is 388 g/mol. The molecule has 2 aromatic heterocycles. The summed E-state index contributed by atoms with van der Waals surface area (Å²) < 4.78 is 0. The van der Waals surface area contributed by atoms with Crippen LogP contribution in [0.5, 0.6) is 0 Å². The van der Waals surface area contributed by atoms with E-state index in [0.29, 0.717) is 0 Å². The number of nitrogens with zero attached hydrogens (tertiary/aromatic N) is 2. The Bertz CT molecular complexity index is 985. The van der Waals surface area contributed by atoms with E-state index < -0.39 is 0 Å². The summed E-state index contributed by atoms with van der Waals surface area (Å²) in [6.07, 6.45) is 13.8. The minimum Gasteiger partial charge on any atom is -0.256 e. The molecule has 32 heavy (non-hydrogen) atoms. The lowest BCUT2D eigenvalue weighted by atomic mass is 10.0. The SMILES string of the molecule is c1ccc(-c2cccc(CCCCCCCCc3cccc(-c4ccccn4)c3)c2)nc1. The van der Waals surface area contributed by atoms with Crippen LogP contribution in [-0.4, -0.2) is 9.97 Å². The normalized spacial score (nSPS) is 10.9. The summed E-state index contributed by atoms with van der Waals surface area (Å²) in [7, 11) is 0. The van der Waals surface area contributed by atoms with Crippen LogP contribution in [0.15, 0.2) is 97.3 Å². The highest BCUT2D eigenvalue weighted by Gasteiger charge is 2.02. The largest absolute Gasteiger partial charge is 0.256 e. The molecule has 2 heteroatoms. The lowest BCUT2D eigenvalue weighted by molar-refractivity contribution is 0.594. The van der Waals surface area contributed by atoms with Crippen molar-refractivity contribution in [2.24, 2.45) is 0 Å². The minimum absolute atomic E-state index is 1.06. The Hall–Kier alpha value is -3.26. The summed E-state index contributed by atoms with van der Waals surface area (Å²) in [5.41, 5.74) is 7.38. The molecule has 0 unspecified atom stereocenters. The molecular formula is C30H32N2. The number of aromatic nitrogens is 2. The molecule has 162 valence electrons. The monoisotopic (exact) mass is 420 g/mol. The van der Waals surface area contributed by atoms with Gasteiger partial charge < -0.3 is 0 Å². The molecule has 0 fully saturated rings. The molecule has 0 spiro atoms. The predicted octanol–water partition coefficient (Wildman–Crippen LogP) is 7.94. The van der Waals surface area contributed by atoms with Crippen LogP contribution >= 0.6 is 0 Å². The molecule has 0 N–H and O–H groups in total. The van der Waals surface area contributed by atoms with Gasteiger partial charge in [0.05, 0.1) is 11.4 Å². The number of hydrogen-bond acceptors (Lipinski definition) is 2. The van der Waals surface area contributed by atoms with Crippen LogP contribution in [0.3, 0.4) is 0 Å². The van der Waals surface area contributed by atoms with Crippen molar-refractivity contribution in [2.45, 2.75) is 51.4 Å². The third-order valence-electron chi connectivity index (χ3n) is 5.96. The van der Waals surface area contributed by atoms with Gasteiger partial charge in [0.2, 0.25) is 0 Å². The Kier molecular flexibility index (Phi) is 8.20. The van der Waals surface area contributed by atoms with Crippen LogP contribution in [0, 0.1) is 0 Å². The van der Waals surface area contributed by atoms with Crippen molar-refractivity contribution in [3.05, 3.63) is 108 Å². The first-order valence-electron chi connectivity index (χ1n) is 11.9. The van der Waals surface area contributed by atoms with Gasteiger partial charge in [-0.15, -0.1) is 0 Å². The molecule has 0 aliphatic rings. The maximum atomic E-state index is 4.47. The van der Waals surface area contributed by atoms with Gasteiger partial charge in [0.25, 0.3) is 0 Å². The van der Waals surface area contributed by atoms with Crippen molar-refractivity contribution < 1.29 is 0 Å². The predicted molar refractivity (Wildman–Crippen MR) is 134 cm³/mol. The number of hydrogen-bond donors (Lipinski definition) is 0. The van der Waals surface area contributed by atoms with Gasteiger partial charge >= 0.3 is 0 Å². The molecule has 4 rings (SSSR count). The Labute approximate surface area is 192 Å². The van der Waals surface area contributed by atoms with Gasteiger partial charge in [-0.2, -0.15) is 0 Å². The van der Waals surface area contributed by atoms with Gasteiger partial charge in [0, 0.05) is 23.5 Å². The second-order valence-corrected chi connectivity index (χ2v) is 8.45. The smallest absolute Gasteiger partial charge is 0.0702 e. The van der Waals surface area contributed by atoms with Crippen molar-refractivity contribution in [2.75, 3.05) is 0 Å². The number of aryl methyl sites for hydroxylation is 2. The first-order chi connectivity index (χ1) is 15.9. The van der Waals surface area contributed by atoms with E-state index >= 15 is 0 Å². The van der Waals surface area contributed by atoms with E-state index in [1.165, 1.54) is 60.8 Å². The molecule has 0 saturated heterocycles. The number of pyridine rings is 2. The van der Waals surface area contributed by atoms with Crippen LogP contribution in [0.2, 0.25) is 0 Å². The third-order valence-corrected chi connectivity index (χ3v) is 5.96. The zero-order valence-electron chi connectivity index (χ0n) is 18.8. The Morgan fingerprint density at radius 1 is 0.438 bits per heavy atom. The summed E-state index contributed by atoms with van der Waals surface area (Å²) in [6.45, 7) is 0. The number of unbranched alkanes of at least 4 members (excludes halogenated alkanes) is 5. The molecule has 0 amide bonds. The topological polar surface area (TPSA) is 25.8 Å². The minimum atomic E-state index is 1.06. The summed E-state index contributed by atoms with van der Waals surface area (Å²) in [6, 6.07) is 29.9. The van der Waals surface area contributed by atoms with Crippen molar-refractivity contribution in [3.8, 4) is 22.5 Å². The van der Waals surface area contributed by atoms with Gasteiger partial charge in [-0.05, 0) is 73.2 Å². The Balaban J connectivity index is 1.12. The van der Waals surface area contributed by atoms with E-state index in [1.54, 1.807) is 0 Å². The second-order valence-electron chi connectivity index (χ2n) is 8.45. The third kappa shape index (κ3) is 6.62. The van der Waals surface area contributed by atoms with Gasteiger partial charge in [0.1, 0.15) is 0 Å². The molecule has 0 aliphatic heterocycles. The van der Waals surface area contributed by atoms with Crippen LogP contribution in [-0.2, 0) is 12.8 Å². The van der Waals surface area contributed by atoms with Gasteiger partial charge in [-0.25, -0.2) is 0 Å². The molecule has 2 aromatic carbocycles. The van der Waals surface area contributed by atoms with Crippen molar-refractivity contribution in [3.63, 3.8) is 0 Å². The zero-order valence-corrected chi connectivity index (χ0v) is 18.8. The van der Waals surface area contributed by atoms with E-state index in [9.17, 15) is 0 Å². The molecule has 2 nitrogen and oxygen atoms in total. The lowest BCUT2D eigenvalue weighted by Gasteiger charge is -2.06. The average Bonchev–Trinajstić information content (AvgIpc) is 2.87. The van der Waals surface area contributed by atoms with E-state index in [-0.39, 0.29) is 0 Å². The number of benzene rings is 2. The van der Waals surface area contributed by atoms with Crippen LogP contribution in [0.4, 0.5) is 0 Å². The fourth-order valence-corrected chi connectivity index (χ4v) is 4.20. The standard InChI is InChI=1S/C30H32N2/c1(3-5-13-25-15-11-17-27(23-25)29-19-7-9-21-31-29)2-4-6-14-26-16-12-18-28(24-26)30-20-8-10-22-32-30/h7-12,15-24H,1-6,13-14H2. The van der Waals surface area contributed by atoms with Gasteiger partial charge in [-0.3, -0.25) is 9.97 Å². The van der Waals surface area contributed by atoms with Crippen LogP contribution in [0.1, 0.15) is 49.7 Å². The average molecular weight is 421 g/mol. The zero-order chi connectivity index (χ0) is 21.8. The Morgan fingerprint density at radius 2 is 0.906 bits per heavy atom. The van der Waals surface area contributed by atoms with E-state index in [2.05, 4.69) is 70.6 Å².